The Bertz CT molecular complexity index is 403. The fraction of sp³-hybridized carbons (Fsp3) is 0.538. The molecule has 0 bridgehead atoms. The number of anilines is 1. The van der Waals surface area contributed by atoms with Crippen molar-refractivity contribution in [3.05, 3.63) is 23.3 Å². The van der Waals surface area contributed by atoms with Crippen LogP contribution in [0.5, 0.6) is 0 Å². The van der Waals surface area contributed by atoms with Crippen molar-refractivity contribution in [1.82, 2.24) is 0 Å². The number of nitrogens with zero attached hydrogens (tertiary/aromatic N) is 1. The highest BCUT2D eigenvalue weighted by Crippen LogP contribution is 2.43. The van der Waals surface area contributed by atoms with Gasteiger partial charge in [0.05, 0.1) is 5.69 Å². The van der Waals surface area contributed by atoms with E-state index in [-0.39, 0.29) is 0 Å². The predicted octanol–water partition coefficient (Wildman–Crippen LogP) is 2.56. The van der Waals surface area contributed by atoms with E-state index < -0.39 is 0 Å². The van der Waals surface area contributed by atoms with E-state index in [2.05, 4.69) is 44.9 Å². The van der Waals surface area contributed by atoms with Gasteiger partial charge in [0, 0.05) is 29.8 Å². The van der Waals surface area contributed by atoms with Gasteiger partial charge in [0.15, 0.2) is 0 Å². The third-order valence-electron chi connectivity index (χ3n) is 3.68. The van der Waals surface area contributed by atoms with Gasteiger partial charge in [-0.2, -0.15) is 0 Å². The summed E-state index contributed by atoms with van der Waals surface area (Å²) in [7, 11) is 2.18. The van der Waals surface area contributed by atoms with Crippen LogP contribution in [0.2, 0.25) is 0 Å². The van der Waals surface area contributed by atoms with E-state index in [1.165, 1.54) is 21.7 Å². The van der Waals surface area contributed by atoms with Gasteiger partial charge in [0.1, 0.15) is 0 Å². The highest BCUT2D eigenvalue weighted by atomic mass is 32.2. The zero-order chi connectivity index (χ0) is 11.9. The smallest absolute Gasteiger partial charge is 0.0537 e. The van der Waals surface area contributed by atoms with Crippen LogP contribution in [-0.2, 0) is 0 Å². The van der Waals surface area contributed by atoms with Crippen LogP contribution < -0.4 is 10.6 Å². The first-order valence-corrected chi connectivity index (χ1v) is 6.64. The average molecular weight is 236 g/mol. The summed E-state index contributed by atoms with van der Waals surface area (Å²) in [6, 6.07) is 4.94. The Morgan fingerprint density at radius 3 is 2.69 bits per heavy atom. The van der Waals surface area contributed by atoms with Crippen molar-refractivity contribution in [1.29, 1.82) is 0 Å². The first kappa shape index (κ1) is 11.8. The third-order valence-corrected chi connectivity index (χ3v) is 5.15. The molecule has 0 aromatic heterocycles. The SMILES string of the molecule is Cc1ccc2c(c1C)N(C)C(C)C(CN)S2. The molecule has 0 aliphatic carbocycles. The maximum absolute atomic E-state index is 5.83. The fourth-order valence-electron chi connectivity index (χ4n) is 2.27. The molecule has 1 heterocycles. The van der Waals surface area contributed by atoms with E-state index in [0.717, 1.165) is 6.54 Å². The molecule has 0 amide bonds. The number of benzene rings is 1. The Balaban J connectivity index is 2.50. The molecule has 0 saturated carbocycles. The zero-order valence-corrected chi connectivity index (χ0v) is 11.3. The molecule has 1 aliphatic heterocycles. The van der Waals surface area contributed by atoms with E-state index in [4.69, 9.17) is 5.73 Å². The molecule has 0 radical (unpaired) electrons. The van der Waals surface area contributed by atoms with Gasteiger partial charge in [0.2, 0.25) is 0 Å². The number of nitrogens with two attached hydrogens (primary N) is 1. The van der Waals surface area contributed by atoms with Crippen molar-refractivity contribution in [2.45, 2.75) is 37.0 Å². The topological polar surface area (TPSA) is 29.3 Å². The molecule has 1 aliphatic rings. The number of aryl methyl sites for hydroxylation is 1. The Morgan fingerprint density at radius 1 is 1.38 bits per heavy atom. The summed E-state index contributed by atoms with van der Waals surface area (Å²) in [5, 5.41) is 0.500. The van der Waals surface area contributed by atoms with Crippen molar-refractivity contribution >= 4 is 17.4 Å². The highest BCUT2D eigenvalue weighted by Gasteiger charge is 2.30. The minimum Gasteiger partial charge on any atom is -0.370 e. The van der Waals surface area contributed by atoms with Crippen LogP contribution in [0.15, 0.2) is 17.0 Å². The second-order valence-corrected chi connectivity index (χ2v) is 5.88. The van der Waals surface area contributed by atoms with E-state index >= 15 is 0 Å². The van der Waals surface area contributed by atoms with Gasteiger partial charge in [-0.25, -0.2) is 0 Å². The van der Waals surface area contributed by atoms with Gasteiger partial charge in [0.25, 0.3) is 0 Å². The minimum absolute atomic E-state index is 0.500. The molecule has 0 fully saturated rings. The van der Waals surface area contributed by atoms with Gasteiger partial charge in [-0.1, -0.05) is 6.07 Å². The first-order chi connectivity index (χ1) is 7.56. The molecule has 1 aromatic rings. The van der Waals surface area contributed by atoms with Gasteiger partial charge in [-0.15, -0.1) is 11.8 Å². The zero-order valence-electron chi connectivity index (χ0n) is 10.4. The van der Waals surface area contributed by atoms with Crippen LogP contribution in [0, 0.1) is 13.8 Å². The molecule has 2 atom stereocenters. The van der Waals surface area contributed by atoms with Crippen molar-refractivity contribution < 1.29 is 0 Å². The Hall–Kier alpha value is -0.670. The maximum Gasteiger partial charge on any atom is 0.0537 e. The maximum atomic E-state index is 5.83. The van der Waals surface area contributed by atoms with Gasteiger partial charge in [-0.3, -0.25) is 0 Å². The first-order valence-electron chi connectivity index (χ1n) is 5.76. The lowest BCUT2D eigenvalue weighted by molar-refractivity contribution is 0.634. The highest BCUT2D eigenvalue weighted by molar-refractivity contribution is 8.00. The van der Waals surface area contributed by atoms with E-state index in [1.807, 2.05) is 11.8 Å². The Morgan fingerprint density at radius 2 is 2.06 bits per heavy atom. The second kappa shape index (κ2) is 4.30. The van der Waals surface area contributed by atoms with Crippen molar-refractivity contribution in [3.8, 4) is 0 Å². The third kappa shape index (κ3) is 1.72. The quantitative estimate of drug-likeness (QED) is 0.812. The van der Waals surface area contributed by atoms with Crippen LogP contribution in [0.4, 0.5) is 5.69 Å². The van der Waals surface area contributed by atoms with Crippen LogP contribution in [0.3, 0.4) is 0 Å². The summed E-state index contributed by atoms with van der Waals surface area (Å²) in [5.41, 5.74) is 9.99. The number of hydrogen-bond donors (Lipinski definition) is 1. The van der Waals surface area contributed by atoms with Crippen LogP contribution in [0.25, 0.3) is 0 Å². The number of thioether (sulfide) groups is 1. The van der Waals surface area contributed by atoms with Crippen molar-refractivity contribution in [2.75, 3.05) is 18.5 Å². The molecule has 88 valence electrons. The Labute approximate surface area is 102 Å². The predicted molar refractivity (Wildman–Crippen MR) is 72.5 cm³/mol. The molecule has 0 spiro atoms. The lowest BCUT2D eigenvalue weighted by Gasteiger charge is -2.40. The van der Waals surface area contributed by atoms with E-state index in [1.54, 1.807) is 0 Å². The van der Waals surface area contributed by atoms with Crippen LogP contribution in [0.1, 0.15) is 18.1 Å². The van der Waals surface area contributed by atoms with Gasteiger partial charge in [-0.05, 0) is 38.0 Å². The molecule has 16 heavy (non-hydrogen) atoms. The summed E-state index contributed by atoms with van der Waals surface area (Å²) >= 11 is 1.93. The molecular formula is C13H20N2S. The van der Waals surface area contributed by atoms with Crippen LogP contribution >= 0.6 is 11.8 Å². The van der Waals surface area contributed by atoms with Crippen molar-refractivity contribution in [2.24, 2.45) is 5.73 Å². The van der Waals surface area contributed by atoms with E-state index in [0.29, 0.717) is 11.3 Å². The minimum atomic E-state index is 0.500. The summed E-state index contributed by atoms with van der Waals surface area (Å²) in [5.74, 6) is 0. The molecular weight excluding hydrogens is 216 g/mol. The largest absolute Gasteiger partial charge is 0.370 e. The lowest BCUT2D eigenvalue weighted by atomic mass is 10.0. The number of hydrogen-bond acceptors (Lipinski definition) is 3. The summed E-state index contributed by atoms with van der Waals surface area (Å²) in [6.45, 7) is 7.38. The lowest BCUT2D eigenvalue weighted by Crippen LogP contribution is -2.44. The van der Waals surface area contributed by atoms with Gasteiger partial charge >= 0.3 is 0 Å². The molecule has 2 rings (SSSR count). The van der Waals surface area contributed by atoms with Gasteiger partial charge < -0.3 is 10.6 Å². The Kier molecular flexibility index (Phi) is 3.17. The fourth-order valence-corrected chi connectivity index (χ4v) is 3.63. The molecule has 3 heteroatoms. The molecule has 2 unspecified atom stereocenters. The van der Waals surface area contributed by atoms with Crippen molar-refractivity contribution in [3.63, 3.8) is 0 Å². The molecule has 2 nitrogen and oxygen atoms in total. The molecule has 1 aromatic carbocycles. The summed E-state index contributed by atoms with van der Waals surface area (Å²) in [4.78, 5) is 3.75. The number of rotatable bonds is 1. The summed E-state index contributed by atoms with van der Waals surface area (Å²) < 4.78 is 0. The molecule has 2 N–H and O–H groups in total. The normalized spacial score (nSPS) is 24.4. The summed E-state index contributed by atoms with van der Waals surface area (Å²) in [6.07, 6.45) is 0. The second-order valence-electron chi connectivity index (χ2n) is 4.60. The monoisotopic (exact) mass is 236 g/mol. The number of fused-ring (bicyclic) bond motifs is 1. The average Bonchev–Trinajstić information content (AvgIpc) is 2.28. The van der Waals surface area contributed by atoms with Crippen LogP contribution in [-0.4, -0.2) is 24.9 Å². The standard InChI is InChI=1S/C13H20N2S/c1-8-5-6-11-13(9(8)2)15(4)10(3)12(7-14)16-11/h5-6,10,12H,7,14H2,1-4H3. The molecule has 0 saturated heterocycles. The van der Waals surface area contributed by atoms with E-state index in [9.17, 15) is 0 Å².